The number of anilines is 2. The van der Waals surface area contributed by atoms with Crippen molar-refractivity contribution in [1.82, 2.24) is 0 Å². The van der Waals surface area contributed by atoms with Gasteiger partial charge in [-0.25, -0.2) is 0 Å². The molecule has 4 nitrogen and oxygen atoms in total. The van der Waals surface area contributed by atoms with Gasteiger partial charge >= 0.3 is 6.18 Å². The van der Waals surface area contributed by atoms with E-state index in [1.54, 1.807) is 0 Å². The van der Waals surface area contributed by atoms with Crippen molar-refractivity contribution in [3.63, 3.8) is 0 Å². The van der Waals surface area contributed by atoms with Crippen LogP contribution in [0.1, 0.15) is 5.56 Å². The van der Waals surface area contributed by atoms with Crippen LogP contribution in [0, 0.1) is 0 Å². The van der Waals surface area contributed by atoms with Crippen molar-refractivity contribution in [3.8, 4) is 0 Å². The molecule has 1 heterocycles. The van der Waals surface area contributed by atoms with Gasteiger partial charge in [0.1, 0.15) is 0 Å². The maximum absolute atomic E-state index is 12.6. The van der Waals surface area contributed by atoms with E-state index in [4.69, 9.17) is 11.6 Å². The van der Waals surface area contributed by atoms with Crippen molar-refractivity contribution >= 4 is 28.9 Å². The predicted molar refractivity (Wildman–Crippen MR) is 99.3 cm³/mol. The third-order valence-electron chi connectivity index (χ3n) is 4.57. The molecular formula is C19H20ClF3N3O+. The summed E-state index contributed by atoms with van der Waals surface area (Å²) in [5, 5.41) is 3.37. The first kappa shape index (κ1) is 19.5. The van der Waals surface area contributed by atoms with Gasteiger partial charge in [0, 0.05) is 5.69 Å². The van der Waals surface area contributed by atoms with Gasteiger partial charge in [-0.05, 0) is 36.4 Å². The lowest BCUT2D eigenvalue weighted by Gasteiger charge is -2.33. The largest absolute Gasteiger partial charge is 0.416 e. The highest BCUT2D eigenvalue weighted by molar-refractivity contribution is 6.33. The quantitative estimate of drug-likeness (QED) is 0.831. The van der Waals surface area contributed by atoms with Crippen molar-refractivity contribution in [2.24, 2.45) is 0 Å². The van der Waals surface area contributed by atoms with E-state index in [9.17, 15) is 18.0 Å². The Morgan fingerprint density at radius 1 is 1.07 bits per heavy atom. The number of nitrogens with zero attached hydrogens (tertiary/aromatic N) is 1. The van der Waals surface area contributed by atoms with Crippen molar-refractivity contribution in [3.05, 3.63) is 59.1 Å². The minimum Gasteiger partial charge on any atom is -0.359 e. The highest BCUT2D eigenvalue weighted by atomic mass is 35.5. The van der Waals surface area contributed by atoms with E-state index in [-0.39, 0.29) is 12.5 Å². The summed E-state index contributed by atoms with van der Waals surface area (Å²) in [5.41, 5.74) is 0.622. The van der Waals surface area contributed by atoms with Gasteiger partial charge in [-0.3, -0.25) is 4.79 Å². The van der Waals surface area contributed by atoms with Gasteiger partial charge in [0.15, 0.2) is 6.54 Å². The third kappa shape index (κ3) is 5.14. The average Bonchev–Trinajstić information content (AvgIpc) is 2.62. The first-order chi connectivity index (χ1) is 12.8. The summed E-state index contributed by atoms with van der Waals surface area (Å²) in [4.78, 5) is 15.5. The van der Waals surface area contributed by atoms with Gasteiger partial charge in [-0.15, -0.1) is 0 Å². The zero-order chi connectivity index (χ0) is 19.4. The molecule has 0 radical (unpaired) electrons. The summed E-state index contributed by atoms with van der Waals surface area (Å²) in [6, 6.07) is 12.1. The van der Waals surface area contributed by atoms with Crippen LogP contribution in [-0.2, 0) is 11.0 Å². The highest BCUT2D eigenvalue weighted by Gasteiger charge is 2.30. The Hall–Kier alpha value is -2.25. The molecular weight excluding hydrogens is 379 g/mol. The molecule has 0 atom stereocenters. The van der Waals surface area contributed by atoms with Gasteiger partial charge in [0.05, 0.1) is 42.5 Å². The van der Waals surface area contributed by atoms with Crippen molar-refractivity contribution in [2.75, 3.05) is 42.9 Å². The normalized spacial score (nSPS) is 15.6. The number of para-hydroxylation sites is 1. The molecule has 1 aliphatic rings. The number of hydrogen-bond donors (Lipinski definition) is 2. The number of benzene rings is 2. The zero-order valence-electron chi connectivity index (χ0n) is 14.5. The molecule has 8 heteroatoms. The van der Waals surface area contributed by atoms with Crippen LogP contribution in [0.3, 0.4) is 0 Å². The molecule has 0 aromatic heterocycles. The molecule has 0 aliphatic carbocycles. The maximum Gasteiger partial charge on any atom is 0.416 e. The Kier molecular flexibility index (Phi) is 5.92. The fourth-order valence-corrected chi connectivity index (χ4v) is 3.38. The van der Waals surface area contributed by atoms with E-state index in [0.717, 1.165) is 48.9 Å². The van der Waals surface area contributed by atoms with Crippen LogP contribution in [0.5, 0.6) is 0 Å². The van der Waals surface area contributed by atoms with E-state index in [2.05, 4.69) is 10.2 Å². The minimum atomic E-state index is -4.38. The Balaban J connectivity index is 1.49. The second-order valence-corrected chi connectivity index (χ2v) is 6.90. The summed E-state index contributed by atoms with van der Waals surface area (Å²) >= 11 is 6.22. The number of amides is 1. The summed E-state index contributed by atoms with van der Waals surface area (Å²) in [6.45, 7) is 3.41. The van der Waals surface area contributed by atoms with E-state index in [1.165, 1.54) is 12.1 Å². The number of carbonyl (C=O) groups excluding carboxylic acids is 1. The van der Waals surface area contributed by atoms with Crippen molar-refractivity contribution < 1.29 is 22.9 Å². The molecule has 2 aromatic rings. The van der Waals surface area contributed by atoms with E-state index in [0.29, 0.717) is 10.7 Å². The van der Waals surface area contributed by atoms with Crippen LogP contribution >= 0.6 is 11.6 Å². The fourth-order valence-electron chi connectivity index (χ4n) is 3.12. The number of hydrogen-bond acceptors (Lipinski definition) is 2. The van der Waals surface area contributed by atoms with Crippen LogP contribution in [0.4, 0.5) is 24.5 Å². The van der Waals surface area contributed by atoms with Gasteiger partial charge in [0.2, 0.25) is 0 Å². The Labute approximate surface area is 160 Å². The zero-order valence-corrected chi connectivity index (χ0v) is 15.3. The predicted octanol–water partition coefficient (Wildman–Crippen LogP) is 2.70. The van der Waals surface area contributed by atoms with Gasteiger partial charge in [-0.2, -0.15) is 13.2 Å². The van der Waals surface area contributed by atoms with Crippen molar-refractivity contribution in [2.45, 2.75) is 6.18 Å². The number of piperazine rings is 1. The van der Waals surface area contributed by atoms with E-state index < -0.39 is 11.7 Å². The molecule has 2 aromatic carbocycles. The van der Waals surface area contributed by atoms with Crippen LogP contribution < -0.4 is 15.1 Å². The smallest absolute Gasteiger partial charge is 0.359 e. The van der Waals surface area contributed by atoms with E-state index >= 15 is 0 Å². The van der Waals surface area contributed by atoms with Crippen LogP contribution in [0.15, 0.2) is 48.5 Å². The molecule has 3 rings (SSSR count). The molecule has 1 fully saturated rings. The summed E-state index contributed by atoms with van der Waals surface area (Å²) in [5.74, 6) is -0.212. The topological polar surface area (TPSA) is 36.8 Å². The Bertz CT molecular complexity index is 788. The minimum absolute atomic E-state index is 0.212. The second kappa shape index (κ2) is 8.19. The lowest BCUT2D eigenvalue weighted by Crippen LogP contribution is -3.15. The summed E-state index contributed by atoms with van der Waals surface area (Å²) in [6.07, 6.45) is -4.38. The molecule has 1 amide bonds. The van der Waals surface area contributed by atoms with Crippen LogP contribution in [-0.4, -0.2) is 38.6 Å². The first-order valence-corrected chi connectivity index (χ1v) is 9.01. The molecule has 144 valence electrons. The number of halogens is 4. The highest BCUT2D eigenvalue weighted by Crippen LogP contribution is 2.29. The Morgan fingerprint density at radius 3 is 2.30 bits per heavy atom. The molecule has 0 bridgehead atoms. The monoisotopic (exact) mass is 398 g/mol. The van der Waals surface area contributed by atoms with Gasteiger partial charge in [-0.1, -0.05) is 23.7 Å². The number of alkyl halides is 3. The molecule has 2 N–H and O–H groups in total. The fraction of sp³-hybridized carbons (Fsp3) is 0.316. The number of nitrogens with one attached hydrogen (secondary N) is 2. The standard InChI is InChI=1S/C19H19ClF3N3O/c20-16-3-1-2-4-17(16)26-11-9-25(10-12-26)13-18(27)24-15-7-5-14(6-8-15)19(21,22)23/h1-8H,9-13H2,(H,24,27)/p+1. The molecule has 0 spiro atoms. The lowest BCUT2D eigenvalue weighted by molar-refractivity contribution is -0.892. The molecule has 0 unspecified atom stereocenters. The average molecular weight is 399 g/mol. The summed E-state index contributed by atoms with van der Waals surface area (Å²) in [7, 11) is 0. The second-order valence-electron chi connectivity index (χ2n) is 6.49. The molecule has 27 heavy (non-hydrogen) atoms. The maximum atomic E-state index is 12.6. The molecule has 1 aliphatic heterocycles. The SMILES string of the molecule is O=C(C[NH+]1CCN(c2ccccc2Cl)CC1)Nc1ccc(C(F)(F)F)cc1. The molecule has 0 saturated carbocycles. The van der Waals surface area contributed by atoms with Gasteiger partial charge < -0.3 is 15.1 Å². The van der Waals surface area contributed by atoms with E-state index in [1.807, 2.05) is 24.3 Å². The lowest BCUT2D eigenvalue weighted by atomic mass is 10.2. The number of rotatable bonds is 4. The summed E-state index contributed by atoms with van der Waals surface area (Å²) < 4.78 is 37.7. The number of carbonyl (C=O) groups is 1. The first-order valence-electron chi connectivity index (χ1n) is 8.63. The number of quaternary nitrogens is 1. The Morgan fingerprint density at radius 2 is 1.70 bits per heavy atom. The third-order valence-corrected chi connectivity index (χ3v) is 4.89. The van der Waals surface area contributed by atoms with Crippen LogP contribution in [0.2, 0.25) is 5.02 Å². The van der Waals surface area contributed by atoms with Gasteiger partial charge in [0.25, 0.3) is 5.91 Å². The van der Waals surface area contributed by atoms with Crippen LogP contribution in [0.25, 0.3) is 0 Å². The molecule has 1 saturated heterocycles. The van der Waals surface area contributed by atoms with Crippen molar-refractivity contribution in [1.29, 1.82) is 0 Å².